The van der Waals surface area contributed by atoms with Crippen molar-refractivity contribution in [3.8, 4) is 0 Å². The van der Waals surface area contributed by atoms with Gasteiger partial charge in [0, 0.05) is 12.1 Å². The molecule has 1 N–H and O–H groups in total. The summed E-state index contributed by atoms with van der Waals surface area (Å²) in [4.78, 5) is 48.9. The Morgan fingerprint density at radius 2 is 1.55 bits per heavy atom. The van der Waals surface area contributed by atoms with Crippen LogP contribution in [-0.2, 0) is 0 Å². The van der Waals surface area contributed by atoms with Crippen LogP contribution in [0.4, 0.5) is 17.1 Å². The van der Waals surface area contributed by atoms with Gasteiger partial charge in [0.1, 0.15) is 0 Å². The Kier molecular flexibility index (Phi) is 5.18. The lowest BCUT2D eigenvalue weighted by atomic mass is 10.1. The second-order valence-corrected chi connectivity index (χ2v) is 7.35. The van der Waals surface area contributed by atoms with Gasteiger partial charge in [-0.3, -0.25) is 24.5 Å². The van der Waals surface area contributed by atoms with Gasteiger partial charge in [0.25, 0.3) is 23.4 Å². The Bertz CT molecular complexity index is 1260. The molecule has 154 valence electrons. The lowest BCUT2D eigenvalue weighted by Crippen LogP contribution is -2.29. The number of anilines is 2. The number of hydrogen-bond donors (Lipinski definition) is 1. The molecular weight excluding hydrogens is 445 g/mol. The van der Waals surface area contributed by atoms with Crippen molar-refractivity contribution in [2.75, 3.05) is 10.2 Å². The highest BCUT2D eigenvalue weighted by molar-refractivity contribution is 6.37. The molecule has 3 aromatic carbocycles. The number of carbonyl (C=O) groups excluding carboxylic acids is 3. The summed E-state index contributed by atoms with van der Waals surface area (Å²) in [5.74, 6) is -1.56. The number of hydrogen-bond acceptors (Lipinski definition) is 5. The van der Waals surface area contributed by atoms with E-state index >= 15 is 0 Å². The first-order valence-electron chi connectivity index (χ1n) is 8.80. The summed E-state index contributed by atoms with van der Waals surface area (Å²) >= 11 is 12.2. The molecule has 1 aliphatic heterocycles. The molecule has 0 bridgehead atoms. The number of carbonyl (C=O) groups is 3. The van der Waals surface area contributed by atoms with E-state index in [1.54, 1.807) is 24.3 Å². The van der Waals surface area contributed by atoms with Crippen LogP contribution in [-0.4, -0.2) is 22.6 Å². The molecule has 3 aromatic rings. The number of benzene rings is 3. The Morgan fingerprint density at radius 1 is 0.903 bits per heavy atom. The van der Waals surface area contributed by atoms with Gasteiger partial charge in [0.2, 0.25) is 0 Å². The van der Waals surface area contributed by atoms with Gasteiger partial charge in [0.15, 0.2) is 0 Å². The molecule has 3 amide bonds. The molecule has 0 spiro atoms. The van der Waals surface area contributed by atoms with Crippen LogP contribution in [0.2, 0.25) is 10.0 Å². The van der Waals surface area contributed by atoms with Gasteiger partial charge in [0.05, 0.1) is 43.0 Å². The predicted molar refractivity (Wildman–Crippen MR) is 115 cm³/mol. The van der Waals surface area contributed by atoms with Crippen molar-refractivity contribution in [1.29, 1.82) is 0 Å². The maximum absolute atomic E-state index is 12.6. The van der Waals surface area contributed by atoms with Crippen LogP contribution in [0.25, 0.3) is 0 Å². The van der Waals surface area contributed by atoms with Crippen molar-refractivity contribution >= 4 is 58.0 Å². The van der Waals surface area contributed by atoms with Gasteiger partial charge in [-0.25, -0.2) is 4.90 Å². The molecule has 31 heavy (non-hydrogen) atoms. The van der Waals surface area contributed by atoms with Gasteiger partial charge >= 0.3 is 0 Å². The largest absolute Gasteiger partial charge is 0.321 e. The molecular formula is C21H11Cl2N3O5. The van der Waals surface area contributed by atoms with Gasteiger partial charge in [-0.1, -0.05) is 35.3 Å². The minimum Gasteiger partial charge on any atom is -0.321 e. The summed E-state index contributed by atoms with van der Waals surface area (Å²) in [7, 11) is 0. The van der Waals surface area contributed by atoms with Crippen LogP contribution in [0.15, 0.2) is 60.7 Å². The van der Waals surface area contributed by atoms with E-state index in [4.69, 9.17) is 23.2 Å². The van der Waals surface area contributed by atoms with Crippen molar-refractivity contribution in [2.24, 2.45) is 0 Å². The van der Waals surface area contributed by atoms with Crippen molar-refractivity contribution in [3.63, 3.8) is 0 Å². The number of amides is 3. The van der Waals surface area contributed by atoms with Gasteiger partial charge in [-0.15, -0.1) is 0 Å². The summed E-state index contributed by atoms with van der Waals surface area (Å²) < 4.78 is 0. The lowest BCUT2D eigenvalue weighted by Gasteiger charge is -2.16. The maximum atomic E-state index is 12.6. The zero-order valence-electron chi connectivity index (χ0n) is 15.5. The van der Waals surface area contributed by atoms with E-state index in [1.165, 1.54) is 24.3 Å². The molecule has 4 rings (SSSR count). The average molecular weight is 456 g/mol. The quantitative estimate of drug-likeness (QED) is 0.339. The highest BCUT2D eigenvalue weighted by Crippen LogP contribution is 2.33. The maximum Gasteiger partial charge on any atom is 0.270 e. The predicted octanol–water partition coefficient (Wildman–Crippen LogP) is 4.95. The number of nitro groups is 1. The van der Waals surface area contributed by atoms with Crippen LogP contribution in [0.1, 0.15) is 31.1 Å². The summed E-state index contributed by atoms with van der Waals surface area (Å²) in [6.07, 6.45) is 0. The summed E-state index contributed by atoms with van der Waals surface area (Å²) in [5.41, 5.74) is 0.837. The van der Waals surface area contributed by atoms with Crippen molar-refractivity contribution < 1.29 is 19.3 Å². The summed E-state index contributed by atoms with van der Waals surface area (Å²) in [6.45, 7) is 0. The van der Waals surface area contributed by atoms with E-state index in [2.05, 4.69) is 5.32 Å². The fourth-order valence-corrected chi connectivity index (χ4v) is 3.64. The average Bonchev–Trinajstić information content (AvgIpc) is 3.00. The second kappa shape index (κ2) is 7.82. The number of non-ortho nitro benzene ring substituents is 1. The molecule has 0 radical (unpaired) electrons. The topological polar surface area (TPSA) is 110 Å². The van der Waals surface area contributed by atoms with Gasteiger partial charge < -0.3 is 5.32 Å². The lowest BCUT2D eigenvalue weighted by molar-refractivity contribution is -0.384. The van der Waals surface area contributed by atoms with E-state index in [9.17, 15) is 24.5 Å². The van der Waals surface area contributed by atoms with Crippen LogP contribution in [0.5, 0.6) is 0 Å². The van der Waals surface area contributed by atoms with Crippen LogP contribution < -0.4 is 10.2 Å². The van der Waals surface area contributed by atoms with E-state index in [0.717, 1.165) is 17.0 Å². The third kappa shape index (κ3) is 3.63. The van der Waals surface area contributed by atoms with E-state index in [1.807, 2.05) is 0 Å². The highest BCUT2D eigenvalue weighted by atomic mass is 35.5. The summed E-state index contributed by atoms with van der Waals surface area (Å²) in [5, 5.41) is 13.4. The van der Waals surface area contributed by atoms with Crippen molar-refractivity contribution in [1.82, 2.24) is 0 Å². The Balaban J connectivity index is 1.58. The van der Waals surface area contributed by atoms with E-state index < -0.39 is 22.6 Å². The van der Waals surface area contributed by atoms with Crippen molar-refractivity contribution in [2.45, 2.75) is 0 Å². The smallest absolute Gasteiger partial charge is 0.270 e. The molecule has 0 saturated carbocycles. The Hall–Kier alpha value is -3.75. The number of nitrogens with one attached hydrogen (secondary N) is 1. The van der Waals surface area contributed by atoms with E-state index in [-0.39, 0.29) is 32.7 Å². The fourth-order valence-electron chi connectivity index (χ4n) is 3.16. The zero-order valence-corrected chi connectivity index (χ0v) is 17.0. The Morgan fingerprint density at radius 3 is 2.10 bits per heavy atom. The van der Waals surface area contributed by atoms with Crippen LogP contribution in [0.3, 0.4) is 0 Å². The standard InChI is InChI=1S/C21H11Cl2N3O5/c22-16-10-12(26(30)31)5-7-15(16)19(27)24-18-8-6-11(9-17(18)23)25-20(28)13-3-1-2-4-14(13)21(25)29/h1-10H,(H,24,27). The number of nitro benzene ring substituents is 1. The highest BCUT2D eigenvalue weighted by Gasteiger charge is 2.36. The first kappa shape index (κ1) is 20.5. The minimum atomic E-state index is -0.629. The number of fused-ring (bicyclic) bond motifs is 1. The molecule has 0 unspecified atom stereocenters. The number of imide groups is 1. The SMILES string of the molecule is O=C(Nc1ccc(N2C(=O)c3ccccc3C2=O)cc1Cl)c1ccc([N+](=O)[O-])cc1Cl. The first-order valence-corrected chi connectivity index (χ1v) is 9.56. The third-order valence-corrected chi connectivity index (χ3v) is 5.29. The van der Waals surface area contributed by atoms with Gasteiger partial charge in [-0.2, -0.15) is 0 Å². The monoisotopic (exact) mass is 455 g/mol. The molecule has 0 fully saturated rings. The van der Waals surface area contributed by atoms with Crippen LogP contribution in [0, 0.1) is 10.1 Å². The molecule has 0 aliphatic carbocycles. The van der Waals surface area contributed by atoms with Gasteiger partial charge in [-0.05, 0) is 36.4 Å². The van der Waals surface area contributed by atoms with Crippen molar-refractivity contribution in [3.05, 3.63) is 97.5 Å². The first-order chi connectivity index (χ1) is 14.8. The third-order valence-electron chi connectivity index (χ3n) is 4.66. The molecule has 0 saturated heterocycles. The minimum absolute atomic E-state index is 0.0211. The molecule has 1 heterocycles. The number of nitrogens with zero attached hydrogens (tertiary/aromatic N) is 2. The summed E-state index contributed by atoms with van der Waals surface area (Å²) in [6, 6.07) is 14.2. The number of halogens is 2. The molecule has 1 aliphatic rings. The normalized spacial score (nSPS) is 12.6. The second-order valence-electron chi connectivity index (χ2n) is 6.53. The fraction of sp³-hybridized carbons (Fsp3) is 0. The molecule has 10 heteroatoms. The zero-order chi connectivity index (χ0) is 22.3. The molecule has 0 aromatic heterocycles. The van der Waals surface area contributed by atoms with Crippen LogP contribution >= 0.6 is 23.2 Å². The molecule has 8 nitrogen and oxygen atoms in total. The molecule has 0 atom stereocenters. The van der Waals surface area contributed by atoms with E-state index in [0.29, 0.717) is 11.1 Å². The Labute approximate surface area is 185 Å². The number of rotatable bonds is 4.